The first-order valence-corrected chi connectivity index (χ1v) is 23.3. The van der Waals surface area contributed by atoms with Crippen molar-refractivity contribution in [3.63, 3.8) is 0 Å². The summed E-state index contributed by atoms with van der Waals surface area (Å²) in [4.78, 5) is 37.2. The second kappa shape index (κ2) is 22.8. The van der Waals surface area contributed by atoms with E-state index in [2.05, 4.69) is 26.3 Å². The molecule has 0 spiro atoms. The van der Waals surface area contributed by atoms with E-state index in [4.69, 9.17) is 14.2 Å². The first kappa shape index (κ1) is 49.2. The number of rotatable bonds is 13. The van der Waals surface area contributed by atoms with E-state index in [-0.39, 0.29) is 18.8 Å². The average Bonchev–Trinajstić information content (AvgIpc) is 3.98. The maximum atomic E-state index is 13.9. The van der Waals surface area contributed by atoms with Gasteiger partial charge in [-0.05, 0) is 89.3 Å². The lowest BCUT2D eigenvalue weighted by molar-refractivity contribution is -0.304. The molecule has 12 atom stereocenters. The Hall–Kier alpha value is -4.23. The van der Waals surface area contributed by atoms with Gasteiger partial charge in [0.05, 0.1) is 72.8 Å². The van der Waals surface area contributed by atoms with Crippen LogP contribution in [-0.2, 0) is 36.9 Å². The van der Waals surface area contributed by atoms with Crippen molar-refractivity contribution in [2.45, 2.75) is 122 Å². The van der Waals surface area contributed by atoms with Crippen LogP contribution in [0.1, 0.15) is 70.9 Å². The van der Waals surface area contributed by atoms with Crippen LogP contribution in [0.5, 0.6) is 0 Å². The molecule has 5 heterocycles. The van der Waals surface area contributed by atoms with Gasteiger partial charge in [0.15, 0.2) is 12.1 Å². The lowest BCUT2D eigenvalue weighted by Crippen LogP contribution is -2.63. The molecule has 15 nitrogen and oxygen atoms in total. The molecule has 1 aromatic carbocycles. The van der Waals surface area contributed by atoms with Crippen LogP contribution < -0.4 is 0 Å². The van der Waals surface area contributed by atoms with Gasteiger partial charge < -0.3 is 39.5 Å². The topological polar surface area (TPSA) is 193 Å². The van der Waals surface area contributed by atoms with E-state index < -0.39 is 78.6 Å². The van der Waals surface area contributed by atoms with E-state index >= 15 is 0 Å². The third-order valence-corrected chi connectivity index (χ3v) is 13.6. The third-order valence-electron chi connectivity index (χ3n) is 12.7. The highest BCUT2D eigenvalue weighted by Crippen LogP contribution is 2.35. The Balaban J connectivity index is 1.34. The summed E-state index contributed by atoms with van der Waals surface area (Å²) in [5.74, 6) is -2.88. The van der Waals surface area contributed by atoms with Crippen LogP contribution in [0.25, 0.3) is 16.6 Å². The lowest BCUT2D eigenvalue weighted by atomic mass is 9.79. The first-order chi connectivity index (χ1) is 30.6. The maximum absolute atomic E-state index is 13.9. The zero-order valence-corrected chi connectivity index (χ0v) is 38.8. The Kier molecular flexibility index (Phi) is 17.5. The molecule has 0 bridgehead atoms. The largest absolute Gasteiger partial charge is 0.462 e. The number of pyridine rings is 1. The van der Waals surface area contributed by atoms with E-state index in [1.54, 1.807) is 73.3 Å². The first-order valence-electron chi connectivity index (χ1n) is 22.4. The molecule has 0 saturated carbocycles. The highest BCUT2D eigenvalue weighted by atomic mass is 32.1. The number of esters is 1. The minimum atomic E-state index is -1.27. The number of fused-ring (bicyclic) bond motifs is 1. The maximum Gasteiger partial charge on any atom is 0.308 e. The molecule has 0 aliphatic carbocycles. The van der Waals surface area contributed by atoms with E-state index in [9.17, 15) is 30.0 Å². The number of hydrogen-bond acceptors (Lipinski definition) is 15. The summed E-state index contributed by atoms with van der Waals surface area (Å²) in [6.07, 6.45) is 2.69. The molecule has 0 unspecified atom stereocenters. The van der Waals surface area contributed by atoms with Crippen LogP contribution >= 0.6 is 11.3 Å². The number of ether oxygens (including phenoxy) is 3. The van der Waals surface area contributed by atoms with Gasteiger partial charge >= 0.3 is 5.97 Å². The summed E-state index contributed by atoms with van der Waals surface area (Å²) in [5.41, 5.74) is 3.15. The molecule has 2 aliphatic rings. The Bertz CT molecular complexity index is 2180. The van der Waals surface area contributed by atoms with Gasteiger partial charge in [-0.3, -0.25) is 19.5 Å². The summed E-state index contributed by atoms with van der Waals surface area (Å²) in [5, 5.41) is 57.0. The normalized spacial score (nSPS) is 31.5. The van der Waals surface area contributed by atoms with Crippen molar-refractivity contribution >= 4 is 34.0 Å². The number of ketones is 1. The van der Waals surface area contributed by atoms with Crippen LogP contribution in [0, 0.1) is 23.7 Å². The van der Waals surface area contributed by atoms with Crippen LogP contribution in [-0.4, -0.2) is 138 Å². The van der Waals surface area contributed by atoms with Crippen molar-refractivity contribution in [2.24, 2.45) is 23.7 Å². The molecule has 16 heteroatoms. The molecule has 3 aromatic heterocycles. The predicted molar refractivity (Wildman–Crippen MR) is 244 cm³/mol. The van der Waals surface area contributed by atoms with Crippen molar-refractivity contribution in [3.05, 3.63) is 94.6 Å². The van der Waals surface area contributed by atoms with Gasteiger partial charge in [-0.15, -0.1) is 16.4 Å². The zero-order valence-electron chi connectivity index (χ0n) is 38.0. The van der Waals surface area contributed by atoms with Crippen LogP contribution in [0.2, 0.25) is 0 Å². The number of benzene rings is 1. The van der Waals surface area contributed by atoms with Crippen molar-refractivity contribution in [3.8, 4) is 5.69 Å². The Morgan fingerprint density at radius 3 is 2.52 bits per heavy atom. The number of aliphatic hydroxyl groups is 4. The number of aromatic nitrogens is 4. The second-order valence-corrected chi connectivity index (χ2v) is 18.9. The van der Waals surface area contributed by atoms with Crippen molar-refractivity contribution in [1.82, 2.24) is 29.8 Å². The van der Waals surface area contributed by atoms with Crippen molar-refractivity contribution in [2.75, 3.05) is 27.2 Å². The van der Waals surface area contributed by atoms with Crippen LogP contribution in [0.4, 0.5) is 0 Å². The van der Waals surface area contributed by atoms with E-state index in [1.165, 1.54) is 0 Å². The molecule has 0 amide bonds. The third kappa shape index (κ3) is 12.6. The minimum absolute atomic E-state index is 0.107. The van der Waals surface area contributed by atoms with Gasteiger partial charge in [-0.1, -0.05) is 68.0 Å². The lowest BCUT2D eigenvalue weighted by Gasteiger charge is -2.46. The molecular weight excluding hydrogens is 837 g/mol. The number of cyclic esters (lactones) is 1. The molecule has 2 aliphatic heterocycles. The molecule has 1 fully saturated rings. The molecular formula is C48H66N6O9S. The zero-order chi connectivity index (χ0) is 46.1. The Morgan fingerprint density at radius 1 is 1.02 bits per heavy atom. The molecule has 4 aromatic rings. The fraction of sp³-hybridized carbons (Fsp3) is 0.562. The number of para-hydroxylation sites is 1. The fourth-order valence-electron chi connectivity index (χ4n) is 8.95. The highest BCUT2D eigenvalue weighted by molar-refractivity contribution is 7.09. The van der Waals surface area contributed by atoms with Crippen molar-refractivity contribution in [1.29, 1.82) is 0 Å². The quantitative estimate of drug-likeness (QED) is 0.130. The number of hydrogen-bond donors (Lipinski definition) is 4. The molecule has 0 radical (unpaired) electrons. The molecule has 6 rings (SSSR count). The van der Waals surface area contributed by atoms with Crippen molar-refractivity contribution < 1.29 is 44.2 Å². The summed E-state index contributed by atoms with van der Waals surface area (Å²) in [6.45, 7) is 10.4. The van der Waals surface area contributed by atoms with Crippen LogP contribution in [0.15, 0.2) is 84.0 Å². The monoisotopic (exact) mass is 902 g/mol. The number of carbonyl (C=O) groups is 2. The summed E-state index contributed by atoms with van der Waals surface area (Å²) in [7, 11) is 3.53. The number of nitrogens with zero attached hydrogens (tertiary/aromatic N) is 6. The van der Waals surface area contributed by atoms with Gasteiger partial charge in [0.25, 0.3) is 0 Å². The highest BCUT2D eigenvalue weighted by Gasteiger charge is 2.47. The molecule has 4 N–H and O–H groups in total. The number of likely N-dealkylation sites (N-methyl/N-ethyl adjacent to an activating group) is 1. The van der Waals surface area contributed by atoms with E-state index in [1.807, 2.05) is 68.7 Å². The van der Waals surface area contributed by atoms with Gasteiger partial charge in [0, 0.05) is 41.1 Å². The molecule has 348 valence electrons. The van der Waals surface area contributed by atoms with Gasteiger partial charge in [-0.25, -0.2) is 4.68 Å². The average molecular weight is 903 g/mol. The number of thiophene rings is 1. The minimum Gasteiger partial charge on any atom is -0.462 e. The SMILES string of the molecule is CC[C@H]1OC(=O)C[C@@H](O)[C@H](C)[C@@H](O[C@@H]2O[C@H](C)[C@@H](O)[C@H](N(C)C)[C@H]2O)[C@@H](CCN(Cc2cn(-c3cnc4ccccc4c3)nn2)Cc2cccs2)C[C@@H](C)C(=O)/C=C/C(C)=C/[C@@H]1CO. The number of allylic oxidation sites excluding steroid dienone is 3. The smallest absolute Gasteiger partial charge is 0.308 e. The molecule has 1 saturated heterocycles. The summed E-state index contributed by atoms with van der Waals surface area (Å²) >= 11 is 1.65. The van der Waals surface area contributed by atoms with Gasteiger partial charge in [0.2, 0.25) is 0 Å². The van der Waals surface area contributed by atoms with Gasteiger partial charge in [0.1, 0.15) is 12.2 Å². The fourth-order valence-corrected chi connectivity index (χ4v) is 9.70. The van der Waals surface area contributed by atoms with Gasteiger partial charge in [-0.2, -0.15) is 0 Å². The predicted octanol–water partition coefficient (Wildman–Crippen LogP) is 5.10. The molecule has 64 heavy (non-hydrogen) atoms. The number of aliphatic hydroxyl groups excluding tert-OH is 4. The summed E-state index contributed by atoms with van der Waals surface area (Å²) in [6, 6.07) is 13.3. The standard InChI is InChI=1S/C48H66N6O9S/c1-8-42-35(28-55)20-29(2)15-16-40(56)30(3)21-34(47(31(4)41(57)23-43(58)62-42)63-48-46(60)44(52(6)7)45(59)32(5)61-48)17-18-53(27-38-13-11-19-64-38)25-36-26-54(51-50-36)37-22-33-12-9-10-14-39(33)49-24-37/h9-16,19-20,22,24,26,30-32,34-35,41-42,44-48,55,57,59-60H,8,17-18,21,23,25,27-28H2,1-7H3/b16-15+,29-20+/t30-,31+,32-,34+,35-,41-,42-,44+,45-,46-,47-,48+/m1/s1. The van der Waals surface area contributed by atoms with Crippen LogP contribution in [0.3, 0.4) is 0 Å². The number of carbonyl (C=O) groups excluding carboxylic acids is 2. The Labute approximate surface area is 380 Å². The summed E-state index contributed by atoms with van der Waals surface area (Å²) < 4.78 is 20.6. The van der Waals surface area contributed by atoms with E-state index in [0.717, 1.165) is 32.7 Å². The second-order valence-electron chi connectivity index (χ2n) is 17.8. The Morgan fingerprint density at radius 2 is 1.80 bits per heavy atom. The van der Waals surface area contributed by atoms with E-state index in [0.29, 0.717) is 38.9 Å².